The monoisotopic (exact) mass is 389 g/mol. The molecule has 1 atom stereocenters. The van der Waals surface area contributed by atoms with Crippen LogP contribution in [0.25, 0.3) is 11.0 Å². The number of amides is 1. The van der Waals surface area contributed by atoms with E-state index >= 15 is 0 Å². The Labute approximate surface area is 169 Å². The molecule has 0 radical (unpaired) electrons. The number of hydrogen-bond acceptors (Lipinski definition) is 5. The lowest BCUT2D eigenvalue weighted by atomic mass is 10.1. The number of ether oxygens (including phenoxy) is 1. The molecule has 1 unspecified atom stereocenters. The molecule has 0 aliphatic carbocycles. The smallest absolute Gasteiger partial charge is 0.311 e. The maximum absolute atomic E-state index is 12.6. The number of aromatic nitrogens is 2. The first kappa shape index (κ1) is 19.1. The van der Waals surface area contributed by atoms with E-state index in [1.165, 1.54) is 0 Å². The van der Waals surface area contributed by atoms with Crippen LogP contribution < -0.4 is 4.90 Å². The highest BCUT2D eigenvalue weighted by Gasteiger charge is 2.36. The van der Waals surface area contributed by atoms with Crippen LogP contribution in [-0.4, -0.2) is 28.4 Å². The molecule has 1 aliphatic heterocycles. The van der Waals surface area contributed by atoms with Crippen molar-refractivity contribution in [2.75, 3.05) is 11.4 Å². The van der Waals surface area contributed by atoms with Gasteiger partial charge in [-0.15, -0.1) is 0 Å². The van der Waals surface area contributed by atoms with E-state index in [-0.39, 0.29) is 24.9 Å². The second-order valence-electron chi connectivity index (χ2n) is 7.24. The van der Waals surface area contributed by atoms with Crippen LogP contribution in [0.15, 0.2) is 48.5 Å². The van der Waals surface area contributed by atoms with Gasteiger partial charge in [0.1, 0.15) is 6.61 Å². The maximum Gasteiger partial charge on any atom is 0.311 e. The fraction of sp³-hybridized carbons (Fsp3) is 0.304. The molecule has 0 N–H and O–H groups in total. The van der Waals surface area contributed by atoms with Crippen molar-refractivity contribution < 1.29 is 14.3 Å². The van der Waals surface area contributed by atoms with Gasteiger partial charge in [-0.05, 0) is 37.1 Å². The molecule has 148 valence electrons. The van der Waals surface area contributed by atoms with Gasteiger partial charge in [-0.25, -0.2) is 9.97 Å². The number of hydrogen-bond donors (Lipinski definition) is 0. The molecule has 2 aromatic carbocycles. The number of para-hydroxylation sites is 3. The molecule has 0 bridgehead atoms. The molecular weight excluding hydrogens is 366 g/mol. The van der Waals surface area contributed by atoms with Gasteiger partial charge in [0.2, 0.25) is 5.91 Å². The molecule has 0 saturated carbocycles. The number of carbonyl (C=O) groups excluding carboxylic acids is 2. The fourth-order valence-electron chi connectivity index (χ4n) is 3.69. The van der Waals surface area contributed by atoms with Gasteiger partial charge in [-0.1, -0.05) is 37.3 Å². The van der Waals surface area contributed by atoms with E-state index in [9.17, 15) is 9.59 Å². The Hall–Kier alpha value is -3.28. The summed E-state index contributed by atoms with van der Waals surface area (Å²) in [4.78, 5) is 35.9. The van der Waals surface area contributed by atoms with Gasteiger partial charge in [-0.2, -0.15) is 0 Å². The molecule has 1 fully saturated rings. The van der Waals surface area contributed by atoms with Crippen molar-refractivity contribution in [2.45, 2.75) is 33.3 Å². The van der Waals surface area contributed by atoms with Crippen molar-refractivity contribution in [3.05, 3.63) is 65.5 Å². The molecule has 0 spiro atoms. The predicted octanol–water partition coefficient (Wildman–Crippen LogP) is 3.60. The van der Waals surface area contributed by atoms with E-state index in [0.717, 1.165) is 34.4 Å². The lowest BCUT2D eigenvalue weighted by Gasteiger charge is -2.19. The van der Waals surface area contributed by atoms with Gasteiger partial charge in [0.15, 0.2) is 0 Å². The highest BCUT2D eigenvalue weighted by molar-refractivity contribution is 6.00. The molecule has 2 heterocycles. The van der Waals surface area contributed by atoms with Gasteiger partial charge < -0.3 is 9.64 Å². The van der Waals surface area contributed by atoms with E-state index in [4.69, 9.17) is 4.74 Å². The first-order valence-corrected chi connectivity index (χ1v) is 9.84. The average Bonchev–Trinajstić information content (AvgIpc) is 3.13. The summed E-state index contributed by atoms with van der Waals surface area (Å²) < 4.78 is 5.51. The normalized spacial score (nSPS) is 16.4. The third-order valence-electron chi connectivity index (χ3n) is 5.32. The SMILES string of the molecule is CCc1ccccc1N1CC(C(=O)OCc2nc3ccccc3nc2C)CC1=O. The van der Waals surface area contributed by atoms with Crippen molar-refractivity contribution in [1.29, 1.82) is 0 Å². The Morgan fingerprint density at radius 3 is 2.55 bits per heavy atom. The lowest BCUT2D eigenvalue weighted by molar-refractivity contribution is -0.149. The van der Waals surface area contributed by atoms with E-state index in [0.29, 0.717) is 12.2 Å². The molecule has 6 heteroatoms. The summed E-state index contributed by atoms with van der Waals surface area (Å²) in [6.45, 7) is 4.30. The van der Waals surface area contributed by atoms with Gasteiger partial charge in [0.05, 0.1) is 28.3 Å². The number of rotatable bonds is 5. The number of anilines is 1. The zero-order valence-electron chi connectivity index (χ0n) is 16.6. The van der Waals surface area contributed by atoms with Crippen LogP contribution in [0.2, 0.25) is 0 Å². The van der Waals surface area contributed by atoms with Crippen LogP contribution in [-0.2, 0) is 27.4 Å². The van der Waals surface area contributed by atoms with Crippen molar-refractivity contribution >= 4 is 28.6 Å². The van der Waals surface area contributed by atoms with Crippen LogP contribution in [0.4, 0.5) is 5.69 Å². The van der Waals surface area contributed by atoms with Crippen molar-refractivity contribution in [1.82, 2.24) is 9.97 Å². The average molecular weight is 389 g/mol. The van der Waals surface area contributed by atoms with Crippen LogP contribution in [0, 0.1) is 12.8 Å². The molecule has 3 aromatic rings. The van der Waals surface area contributed by atoms with E-state index in [1.807, 2.05) is 55.5 Å². The molecule has 1 saturated heterocycles. The fourth-order valence-corrected chi connectivity index (χ4v) is 3.69. The first-order chi connectivity index (χ1) is 14.1. The van der Waals surface area contributed by atoms with Gasteiger partial charge >= 0.3 is 5.97 Å². The summed E-state index contributed by atoms with van der Waals surface area (Å²) in [7, 11) is 0. The summed E-state index contributed by atoms with van der Waals surface area (Å²) in [6.07, 6.45) is 0.994. The summed E-state index contributed by atoms with van der Waals surface area (Å²) in [5, 5.41) is 0. The minimum atomic E-state index is -0.471. The highest BCUT2D eigenvalue weighted by Crippen LogP contribution is 2.29. The predicted molar refractivity (Wildman–Crippen MR) is 110 cm³/mol. The summed E-state index contributed by atoms with van der Waals surface area (Å²) in [5.41, 5.74) is 4.92. The van der Waals surface area contributed by atoms with Crippen LogP contribution >= 0.6 is 0 Å². The zero-order valence-corrected chi connectivity index (χ0v) is 16.6. The number of carbonyl (C=O) groups is 2. The van der Waals surface area contributed by atoms with Gasteiger partial charge in [-0.3, -0.25) is 9.59 Å². The Kier molecular flexibility index (Phi) is 5.25. The molecule has 1 aliphatic rings. The van der Waals surface area contributed by atoms with E-state index < -0.39 is 5.92 Å². The second kappa shape index (κ2) is 7.99. The molecule has 1 aromatic heterocycles. The first-order valence-electron chi connectivity index (χ1n) is 9.84. The Morgan fingerprint density at radius 1 is 1.10 bits per heavy atom. The quantitative estimate of drug-likeness (QED) is 0.624. The van der Waals surface area contributed by atoms with Crippen molar-refractivity contribution in [3.8, 4) is 0 Å². The number of fused-ring (bicyclic) bond motifs is 1. The van der Waals surface area contributed by atoms with Gasteiger partial charge in [0.25, 0.3) is 0 Å². The highest BCUT2D eigenvalue weighted by atomic mass is 16.5. The van der Waals surface area contributed by atoms with Crippen LogP contribution in [0.5, 0.6) is 0 Å². The van der Waals surface area contributed by atoms with E-state index in [2.05, 4.69) is 16.9 Å². The molecule has 6 nitrogen and oxygen atoms in total. The summed E-state index contributed by atoms with van der Waals surface area (Å²) in [6, 6.07) is 15.4. The largest absolute Gasteiger partial charge is 0.459 e. The molecule has 1 amide bonds. The zero-order chi connectivity index (χ0) is 20.4. The van der Waals surface area contributed by atoms with E-state index in [1.54, 1.807) is 4.90 Å². The number of nitrogens with zero attached hydrogens (tertiary/aromatic N) is 3. The lowest BCUT2D eigenvalue weighted by Crippen LogP contribution is -2.27. The van der Waals surface area contributed by atoms with Gasteiger partial charge in [0, 0.05) is 18.7 Å². The van der Waals surface area contributed by atoms with Crippen molar-refractivity contribution in [3.63, 3.8) is 0 Å². The number of aryl methyl sites for hydroxylation is 2. The van der Waals surface area contributed by atoms with Crippen LogP contribution in [0.3, 0.4) is 0 Å². The third-order valence-corrected chi connectivity index (χ3v) is 5.32. The number of esters is 1. The third kappa shape index (κ3) is 3.83. The maximum atomic E-state index is 12.6. The molecule has 29 heavy (non-hydrogen) atoms. The Bertz CT molecular complexity index is 1080. The molecular formula is C23H23N3O3. The summed E-state index contributed by atoms with van der Waals surface area (Å²) >= 11 is 0. The minimum absolute atomic E-state index is 0.0467. The Balaban J connectivity index is 1.44. The van der Waals surface area contributed by atoms with Crippen LogP contribution in [0.1, 0.15) is 30.3 Å². The number of benzene rings is 2. The summed E-state index contributed by atoms with van der Waals surface area (Å²) in [5.74, 6) is -0.889. The topological polar surface area (TPSA) is 72.4 Å². The Morgan fingerprint density at radius 2 is 1.79 bits per heavy atom. The molecule has 4 rings (SSSR count). The van der Waals surface area contributed by atoms with Crippen molar-refractivity contribution in [2.24, 2.45) is 5.92 Å². The standard InChI is InChI=1S/C23H23N3O3/c1-3-16-8-4-7-11-21(16)26-13-17(12-22(26)27)23(28)29-14-20-15(2)24-18-9-5-6-10-19(18)25-20/h4-11,17H,3,12-14H2,1-2H3. The second-order valence-corrected chi connectivity index (χ2v) is 7.24. The minimum Gasteiger partial charge on any atom is -0.459 e.